The Morgan fingerprint density at radius 2 is 2.06 bits per heavy atom. The van der Waals surface area contributed by atoms with Gasteiger partial charge in [0.05, 0.1) is 0 Å². The number of hydrogen-bond acceptors (Lipinski definition) is 2. The van der Waals surface area contributed by atoms with Gasteiger partial charge >= 0.3 is 0 Å². The summed E-state index contributed by atoms with van der Waals surface area (Å²) in [5.41, 5.74) is 1.12. The Morgan fingerprint density at radius 1 is 1.35 bits per heavy atom. The lowest BCUT2D eigenvalue weighted by Gasteiger charge is -2.12. The summed E-state index contributed by atoms with van der Waals surface area (Å²) >= 11 is 0. The van der Waals surface area contributed by atoms with Gasteiger partial charge in [-0.2, -0.15) is 0 Å². The first-order valence-electron chi connectivity index (χ1n) is 5.73. The molecule has 1 atom stereocenters. The van der Waals surface area contributed by atoms with Crippen LogP contribution in [-0.2, 0) is 0 Å². The van der Waals surface area contributed by atoms with Crippen LogP contribution < -0.4 is 10.6 Å². The monoisotopic (exact) mass is 238 g/mol. The summed E-state index contributed by atoms with van der Waals surface area (Å²) < 4.78 is 13.1. The maximum Gasteiger partial charge on any atom is 0.251 e. The molecule has 17 heavy (non-hydrogen) atoms. The minimum atomic E-state index is -0.376. The third kappa shape index (κ3) is 4.53. The van der Waals surface area contributed by atoms with Crippen molar-refractivity contribution in [2.75, 3.05) is 20.1 Å². The van der Waals surface area contributed by atoms with E-state index in [1.54, 1.807) is 13.0 Å². The van der Waals surface area contributed by atoms with E-state index in [1.807, 2.05) is 14.0 Å². The third-order valence-electron chi connectivity index (χ3n) is 2.47. The molecule has 2 N–H and O–H groups in total. The lowest BCUT2D eigenvalue weighted by Crippen LogP contribution is -2.32. The van der Waals surface area contributed by atoms with Gasteiger partial charge in [0.1, 0.15) is 5.82 Å². The van der Waals surface area contributed by atoms with E-state index >= 15 is 0 Å². The predicted molar refractivity (Wildman–Crippen MR) is 66.6 cm³/mol. The van der Waals surface area contributed by atoms with Gasteiger partial charge in [0.15, 0.2) is 0 Å². The molecular formula is C13H19FN2O. The number of halogens is 1. The summed E-state index contributed by atoms with van der Waals surface area (Å²) in [7, 11) is 1.87. The Kier molecular flexibility index (Phi) is 5.10. The van der Waals surface area contributed by atoms with Gasteiger partial charge in [-0.3, -0.25) is 4.79 Å². The molecule has 0 aliphatic carbocycles. The maximum atomic E-state index is 13.1. The molecule has 1 amide bonds. The van der Waals surface area contributed by atoms with Gasteiger partial charge in [-0.1, -0.05) is 6.92 Å². The van der Waals surface area contributed by atoms with Gasteiger partial charge in [-0.05, 0) is 50.2 Å². The van der Waals surface area contributed by atoms with E-state index in [1.165, 1.54) is 12.1 Å². The molecule has 94 valence electrons. The van der Waals surface area contributed by atoms with Crippen LogP contribution in [0.3, 0.4) is 0 Å². The summed E-state index contributed by atoms with van der Waals surface area (Å²) in [4.78, 5) is 11.8. The van der Waals surface area contributed by atoms with Crippen molar-refractivity contribution in [1.82, 2.24) is 10.6 Å². The normalized spacial score (nSPS) is 12.2. The van der Waals surface area contributed by atoms with Gasteiger partial charge < -0.3 is 10.6 Å². The molecule has 0 saturated heterocycles. The largest absolute Gasteiger partial charge is 0.352 e. The Labute approximate surface area is 101 Å². The van der Waals surface area contributed by atoms with Crippen LogP contribution in [0.1, 0.15) is 22.8 Å². The Morgan fingerprint density at radius 3 is 2.65 bits per heavy atom. The second-order valence-corrected chi connectivity index (χ2v) is 4.39. The molecule has 0 saturated carbocycles. The number of hydrogen-bond donors (Lipinski definition) is 2. The quantitative estimate of drug-likeness (QED) is 0.820. The fourth-order valence-corrected chi connectivity index (χ4v) is 1.66. The first-order valence-corrected chi connectivity index (χ1v) is 5.73. The number of carbonyl (C=O) groups is 1. The van der Waals surface area contributed by atoms with Crippen molar-refractivity contribution >= 4 is 5.91 Å². The highest BCUT2D eigenvalue weighted by Crippen LogP contribution is 2.08. The van der Waals surface area contributed by atoms with Gasteiger partial charge in [0.2, 0.25) is 0 Å². The van der Waals surface area contributed by atoms with Crippen molar-refractivity contribution in [3.8, 4) is 0 Å². The van der Waals surface area contributed by atoms with Crippen LogP contribution in [0.15, 0.2) is 18.2 Å². The van der Waals surface area contributed by atoms with E-state index in [-0.39, 0.29) is 11.7 Å². The standard InChI is InChI=1S/C13H19FN2O/c1-9-4-11(6-12(14)5-9)13(17)16-8-10(2)7-15-3/h4-6,10,15H,7-8H2,1-3H3,(H,16,17)/t10-/m0/s1. The highest BCUT2D eigenvalue weighted by Gasteiger charge is 2.09. The van der Waals surface area contributed by atoms with Gasteiger partial charge in [-0.15, -0.1) is 0 Å². The number of rotatable bonds is 5. The molecule has 0 heterocycles. The highest BCUT2D eigenvalue weighted by atomic mass is 19.1. The average molecular weight is 238 g/mol. The Bertz CT molecular complexity index is 373. The first-order chi connectivity index (χ1) is 8.02. The molecule has 0 aliphatic heterocycles. The zero-order valence-corrected chi connectivity index (χ0v) is 10.5. The van der Waals surface area contributed by atoms with Crippen LogP contribution in [0.2, 0.25) is 0 Å². The average Bonchev–Trinajstić information content (AvgIpc) is 2.25. The molecule has 0 unspecified atom stereocenters. The van der Waals surface area contributed by atoms with Crippen LogP contribution in [0, 0.1) is 18.7 Å². The molecule has 1 aromatic carbocycles. The molecule has 0 radical (unpaired) electrons. The van der Waals surface area contributed by atoms with Crippen LogP contribution >= 0.6 is 0 Å². The SMILES string of the molecule is CNC[C@H](C)CNC(=O)c1cc(C)cc(F)c1. The number of carbonyl (C=O) groups excluding carboxylic acids is 1. The molecule has 0 bridgehead atoms. The smallest absolute Gasteiger partial charge is 0.251 e. The molecule has 4 heteroatoms. The summed E-state index contributed by atoms with van der Waals surface area (Å²) in [6.45, 7) is 5.22. The lowest BCUT2D eigenvalue weighted by molar-refractivity contribution is 0.0947. The van der Waals surface area contributed by atoms with E-state index in [9.17, 15) is 9.18 Å². The second kappa shape index (κ2) is 6.35. The molecule has 1 aromatic rings. The Balaban J connectivity index is 2.58. The summed E-state index contributed by atoms with van der Waals surface area (Å²) in [5, 5.41) is 5.83. The molecule has 0 aliphatic rings. The minimum Gasteiger partial charge on any atom is -0.352 e. The van der Waals surface area contributed by atoms with E-state index in [2.05, 4.69) is 10.6 Å². The minimum absolute atomic E-state index is 0.226. The van der Waals surface area contributed by atoms with Crippen molar-refractivity contribution in [3.05, 3.63) is 35.1 Å². The number of aryl methyl sites for hydroxylation is 1. The van der Waals surface area contributed by atoms with Crippen LogP contribution in [-0.4, -0.2) is 26.0 Å². The highest BCUT2D eigenvalue weighted by molar-refractivity contribution is 5.94. The lowest BCUT2D eigenvalue weighted by atomic mass is 10.1. The van der Waals surface area contributed by atoms with Crippen molar-refractivity contribution in [3.63, 3.8) is 0 Å². The van der Waals surface area contributed by atoms with E-state index in [4.69, 9.17) is 0 Å². The molecule has 3 nitrogen and oxygen atoms in total. The predicted octanol–water partition coefficient (Wildman–Crippen LogP) is 1.72. The van der Waals surface area contributed by atoms with Crippen LogP contribution in [0.25, 0.3) is 0 Å². The van der Waals surface area contributed by atoms with Gasteiger partial charge in [-0.25, -0.2) is 4.39 Å². The first kappa shape index (κ1) is 13.6. The topological polar surface area (TPSA) is 41.1 Å². The van der Waals surface area contributed by atoms with Crippen molar-refractivity contribution < 1.29 is 9.18 Å². The van der Waals surface area contributed by atoms with E-state index in [0.717, 1.165) is 12.1 Å². The van der Waals surface area contributed by atoms with Crippen LogP contribution in [0.4, 0.5) is 4.39 Å². The molecular weight excluding hydrogens is 219 g/mol. The number of amides is 1. The fourth-order valence-electron chi connectivity index (χ4n) is 1.66. The number of benzene rings is 1. The van der Waals surface area contributed by atoms with Gasteiger partial charge in [0, 0.05) is 12.1 Å². The Hall–Kier alpha value is -1.42. The van der Waals surface area contributed by atoms with Crippen molar-refractivity contribution in [2.24, 2.45) is 5.92 Å². The zero-order valence-electron chi connectivity index (χ0n) is 10.5. The maximum absolute atomic E-state index is 13.1. The van der Waals surface area contributed by atoms with Crippen LogP contribution in [0.5, 0.6) is 0 Å². The van der Waals surface area contributed by atoms with E-state index < -0.39 is 0 Å². The molecule has 0 aromatic heterocycles. The van der Waals surface area contributed by atoms with E-state index in [0.29, 0.717) is 18.0 Å². The zero-order chi connectivity index (χ0) is 12.8. The summed E-state index contributed by atoms with van der Waals surface area (Å²) in [6.07, 6.45) is 0. The molecule has 0 fully saturated rings. The fraction of sp³-hybridized carbons (Fsp3) is 0.462. The number of nitrogens with one attached hydrogen (secondary N) is 2. The molecule has 0 spiro atoms. The second-order valence-electron chi connectivity index (χ2n) is 4.39. The third-order valence-corrected chi connectivity index (χ3v) is 2.47. The van der Waals surface area contributed by atoms with Crippen molar-refractivity contribution in [1.29, 1.82) is 0 Å². The summed E-state index contributed by atoms with van der Waals surface area (Å²) in [6, 6.07) is 4.34. The van der Waals surface area contributed by atoms with Gasteiger partial charge in [0.25, 0.3) is 5.91 Å². The van der Waals surface area contributed by atoms with Crippen molar-refractivity contribution in [2.45, 2.75) is 13.8 Å². The molecule has 1 rings (SSSR count). The summed E-state index contributed by atoms with van der Waals surface area (Å²) in [5.74, 6) is -0.257.